The number of aromatic nitrogens is 2. The molecule has 1 radical (unpaired) electrons. The van der Waals surface area contributed by atoms with E-state index in [9.17, 15) is 10.0 Å². The summed E-state index contributed by atoms with van der Waals surface area (Å²) in [5.41, 5.74) is 7.15. The summed E-state index contributed by atoms with van der Waals surface area (Å²) in [4.78, 5) is 15.8. The lowest BCUT2D eigenvalue weighted by Gasteiger charge is -2.34. The summed E-state index contributed by atoms with van der Waals surface area (Å²) < 4.78 is 1.95. The number of rotatable bonds is 3. The maximum atomic E-state index is 12.5. The van der Waals surface area contributed by atoms with E-state index in [2.05, 4.69) is 4.98 Å². The number of nitrogens with two attached hydrogens (primary N) is 1. The lowest BCUT2D eigenvalue weighted by molar-refractivity contribution is -0.238. The number of benzene rings is 1. The number of fused-ring (bicyclic) bond motifs is 1. The first-order valence-corrected chi connectivity index (χ1v) is 7.58. The van der Waals surface area contributed by atoms with Gasteiger partial charge in [0.05, 0.1) is 28.5 Å². The number of carbonyl (C=O) groups is 1. The van der Waals surface area contributed by atoms with Crippen LogP contribution < -0.4 is 5.73 Å². The Morgan fingerprint density at radius 1 is 1.26 bits per heavy atom. The highest BCUT2D eigenvalue weighted by Crippen LogP contribution is 2.39. The number of para-hydroxylation sites is 1. The molecule has 1 aliphatic rings. The monoisotopic (exact) mass is 313 g/mol. The summed E-state index contributed by atoms with van der Waals surface area (Å²) in [5, 5.41) is 13.6. The molecule has 0 unspecified atom stereocenters. The van der Waals surface area contributed by atoms with Crippen molar-refractivity contribution in [1.82, 2.24) is 14.6 Å². The minimum atomic E-state index is -0.582. The van der Waals surface area contributed by atoms with Crippen molar-refractivity contribution in [3.05, 3.63) is 41.7 Å². The molecule has 3 rings (SSSR count). The molecular formula is C17H21N4O2. The third-order valence-corrected chi connectivity index (χ3v) is 4.60. The van der Waals surface area contributed by atoms with Gasteiger partial charge in [0.25, 0.3) is 5.91 Å². The highest BCUT2D eigenvalue weighted by molar-refractivity contribution is 6.04. The summed E-state index contributed by atoms with van der Waals surface area (Å²) in [6.45, 7) is 8.22. The molecule has 121 valence electrons. The zero-order chi connectivity index (χ0) is 17.0. The van der Waals surface area contributed by atoms with E-state index in [1.165, 1.54) is 0 Å². The molecule has 6 nitrogen and oxygen atoms in total. The summed E-state index contributed by atoms with van der Waals surface area (Å²) in [7, 11) is 0. The van der Waals surface area contributed by atoms with Gasteiger partial charge in [-0.05, 0) is 45.4 Å². The fraction of sp³-hybridized carbons (Fsp3) is 0.412. The van der Waals surface area contributed by atoms with Crippen LogP contribution in [0.25, 0.3) is 11.0 Å². The third kappa shape index (κ3) is 2.34. The highest BCUT2D eigenvalue weighted by Gasteiger charge is 2.46. The Bertz CT molecular complexity index is 817. The number of hydrogen-bond acceptors (Lipinski definition) is 3. The zero-order valence-electron chi connectivity index (χ0n) is 13.8. The lowest BCUT2D eigenvalue weighted by atomic mass is 9.96. The van der Waals surface area contributed by atoms with Gasteiger partial charge < -0.3 is 10.3 Å². The van der Waals surface area contributed by atoms with Gasteiger partial charge in [-0.25, -0.2) is 4.98 Å². The third-order valence-electron chi connectivity index (χ3n) is 4.60. The first-order chi connectivity index (χ1) is 10.6. The van der Waals surface area contributed by atoms with Crippen molar-refractivity contribution >= 4 is 16.9 Å². The summed E-state index contributed by atoms with van der Waals surface area (Å²) in [5.74, 6) is -0.492. The number of carbonyl (C=O) groups excluding carboxylic acids is 1. The van der Waals surface area contributed by atoms with Gasteiger partial charge >= 0.3 is 0 Å². The van der Waals surface area contributed by atoms with E-state index in [1.54, 1.807) is 18.5 Å². The Morgan fingerprint density at radius 3 is 2.52 bits per heavy atom. The smallest absolute Gasteiger partial charge is 0.250 e. The number of hydroxylamine groups is 2. The van der Waals surface area contributed by atoms with Crippen LogP contribution in [-0.4, -0.2) is 31.6 Å². The molecule has 0 bridgehead atoms. The lowest BCUT2D eigenvalue weighted by Crippen LogP contribution is -2.47. The second-order valence-electron chi connectivity index (χ2n) is 7.09. The predicted molar refractivity (Wildman–Crippen MR) is 87.0 cm³/mol. The van der Waals surface area contributed by atoms with Crippen molar-refractivity contribution < 1.29 is 10.0 Å². The van der Waals surface area contributed by atoms with Gasteiger partial charge in [0.2, 0.25) is 0 Å². The SMILES string of the molecule is CC1(C)C=C(Cn2cnc3c(C(N)=O)cccc32)C(C)(C)N1[O]. The topological polar surface area (TPSA) is 84.1 Å². The Morgan fingerprint density at radius 2 is 1.96 bits per heavy atom. The molecular weight excluding hydrogens is 292 g/mol. The Balaban J connectivity index is 2.04. The zero-order valence-corrected chi connectivity index (χ0v) is 13.8. The van der Waals surface area contributed by atoms with Crippen LogP contribution in [0.4, 0.5) is 0 Å². The van der Waals surface area contributed by atoms with Crippen molar-refractivity contribution in [1.29, 1.82) is 0 Å². The summed E-state index contributed by atoms with van der Waals surface area (Å²) in [6.07, 6.45) is 3.71. The molecule has 2 aromatic rings. The second-order valence-corrected chi connectivity index (χ2v) is 7.09. The highest BCUT2D eigenvalue weighted by atomic mass is 16.5. The summed E-state index contributed by atoms with van der Waals surface area (Å²) in [6, 6.07) is 5.36. The van der Waals surface area contributed by atoms with Crippen LogP contribution in [0.15, 0.2) is 36.2 Å². The van der Waals surface area contributed by atoms with Gasteiger partial charge in [-0.15, -0.1) is 10.3 Å². The standard InChI is InChI=1S/C17H21N4O2/c1-16(2)8-11(17(3,4)21(16)23)9-20-10-19-14-12(15(18)22)6-5-7-13(14)20/h5-8,10H,9H2,1-4H3,(H2,18,22). The predicted octanol–water partition coefficient (Wildman–Crippen LogP) is 2.28. The van der Waals surface area contributed by atoms with Crippen LogP contribution in [0, 0.1) is 0 Å². The quantitative estimate of drug-likeness (QED) is 0.882. The van der Waals surface area contributed by atoms with Crippen molar-refractivity contribution in [3.8, 4) is 0 Å². The number of nitrogens with zero attached hydrogens (tertiary/aromatic N) is 3. The van der Waals surface area contributed by atoms with Gasteiger partial charge in [-0.1, -0.05) is 12.1 Å². The molecule has 1 aromatic carbocycles. The van der Waals surface area contributed by atoms with Crippen molar-refractivity contribution in [2.24, 2.45) is 5.73 Å². The molecule has 2 N–H and O–H groups in total. The summed E-state index contributed by atoms with van der Waals surface area (Å²) >= 11 is 0. The molecule has 0 atom stereocenters. The number of primary amides is 1. The first kappa shape index (κ1) is 15.7. The minimum absolute atomic E-state index is 0.409. The van der Waals surface area contributed by atoms with E-state index in [0.29, 0.717) is 17.6 Å². The second kappa shape index (κ2) is 4.91. The maximum Gasteiger partial charge on any atom is 0.250 e. The molecule has 0 aliphatic carbocycles. The van der Waals surface area contributed by atoms with E-state index in [0.717, 1.165) is 16.2 Å². The van der Waals surface area contributed by atoms with Crippen LogP contribution in [0.5, 0.6) is 0 Å². The number of imidazole rings is 1. The normalized spacial score (nSPS) is 20.0. The molecule has 0 saturated carbocycles. The molecule has 0 fully saturated rings. The Labute approximate surface area is 135 Å². The van der Waals surface area contributed by atoms with Crippen LogP contribution in [0.2, 0.25) is 0 Å². The van der Waals surface area contributed by atoms with E-state index in [4.69, 9.17) is 5.73 Å². The van der Waals surface area contributed by atoms with Gasteiger partial charge in [0, 0.05) is 6.54 Å². The van der Waals surface area contributed by atoms with Crippen molar-refractivity contribution in [2.75, 3.05) is 0 Å². The van der Waals surface area contributed by atoms with Crippen LogP contribution in [-0.2, 0) is 11.8 Å². The average molecular weight is 313 g/mol. The molecule has 0 spiro atoms. The number of amides is 1. The molecule has 1 amide bonds. The average Bonchev–Trinajstić information content (AvgIpc) is 2.94. The maximum absolute atomic E-state index is 12.5. The largest absolute Gasteiger partial charge is 0.366 e. The van der Waals surface area contributed by atoms with E-state index in [1.807, 2.05) is 44.4 Å². The molecule has 2 heterocycles. The van der Waals surface area contributed by atoms with E-state index < -0.39 is 17.0 Å². The fourth-order valence-corrected chi connectivity index (χ4v) is 3.35. The van der Waals surface area contributed by atoms with Crippen molar-refractivity contribution in [2.45, 2.75) is 45.3 Å². The van der Waals surface area contributed by atoms with Gasteiger partial charge in [0.15, 0.2) is 0 Å². The van der Waals surface area contributed by atoms with Crippen molar-refractivity contribution in [3.63, 3.8) is 0 Å². The Kier molecular flexibility index (Phi) is 3.35. The van der Waals surface area contributed by atoms with Crippen LogP contribution in [0.1, 0.15) is 38.1 Å². The first-order valence-electron chi connectivity index (χ1n) is 7.58. The van der Waals surface area contributed by atoms with E-state index >= 15 is 0 Å². The van der Waals surface area contributed by atoms with Crippen LogP contribution >= 0.6 is 0 Å². The molecule has 0 saturated heterocycles. The van der Waals surface area contributed by atoms with Crippen LogP contribution in [0.3, 0.4) is 0 Å². The molecule has 1 aromatic heterocycles. The minimum Gasteiger partial charge on any atom is -0.366 e. The Hall–Kier alpha value is -2.18. The number of hydrogen-bond donors (Lipinski definition) is 1. The van der Waals surface area contributed by atoms with E-state index in [-0.39, 0.29) is 0 Å². The van der Waals surface area contributed by atoms with Gasteiger partial charge in [-0.2, -0.15) is 0 Å². The van der Waals surface area contributed by atoms with Gasteiger partial charge in [-0.3, -0.25) is 4.79 Å². The fourth-order valence-electron chi connectivity index (χ4n) is 3.35. The van der Waals surface area contributed by atoms with Gasteiger partial charge in [0.1, 0.15) is 5.52 Å². The molecule has 1 aliphatic heterocycles. The molecule has 23 heavy (non-hydrogen) atoms. The molecule has 6 heteroatoms.